The molecule has 29 N–H and O–H groups in total. The van der Waals surface area contributed by atoms with Crippen molar-refractivity contribution < 1.29 is 127 Å². The van der Waals surface area contributed by atoms with Crippen LogP contribution in [0.25, 0.3) is 0 Å². The number of aromatic hydroxyl groups is 1. The summed E-state index contributed by atoms with van der Waals surface area (Å²) >= 11 is 1.20. The van der Waals surface area contributed by atoms with E-state index < -0.39 is 279 Å². The van der Waals surface area contributed by atoms with Gasteiger partial charge in [-0.1, -0.05) is 46.2 Å². The average Bonchev–Trinajstić information content (AvgIpc) is 1.45. The number of benzene rings is 1. The molecule has 122 heavy (non-hydrogen) atoms. The molecule has 0 radical (unpaired) electrons. The van der Waals surface area contributed by atoms with Gasteiger partial charge in [0.05, 0.1) is 18.6 Å². The number of hydrogen-bond donors (Lipinski definition) is 24. The molecule has 45 heteroatoms. The molecule has 0 spiro atoms. The Kier molecular flexibility index (Phi) is 49.8. The van der Waals surface area contributed by atoms with Crippen LogP contribution < -0.4 is 92.5 Å². The lowest BCUT2D eigenvalue weighted by atomic mass is 9.99. The van der Waals surface area contributed by atoms with Crippen LogP contribution in [0.2, 0.25) is 0 Å². The molecule has 44 nitrogen and oxygen atoms in total. The van der Waals surface area contributed by atoms with E-state index in [0.29, 0.717) is 45.1 Å². The zero-order valence-corrected chi connectivity index (χ0v) is 70.6. The van der Waals surface area contributed by atoms with E-state index in [-0.39, 0.29) is 88.1 Å². The molecule has 1 aliphatic heterocycles. The van der Waals surface area contributed by atoms with Gasteiger partial charge in [0.15, 0.2) is 0 Å². The number of phenolic OH excluding ortho intramolecular Hbond substituents is 1. The van der Waals surface area contributed by atoms with Crippen LogP contribution in [0.5, 0.6) is 5.75 Å². The van der Waals surface area contributed by atoms with E-state index in [2.05, 4.69) is 63.8 Å². The van der Waals surface area contributed by atoms with Crippen molar-refractivity contribution in [3.8, 4) is 5.75 Å². The summed E-state index contributed by atoms with van der Waals surface area (Å²) in [6.07, 6.45) is -4.98. The van der Waals surface area contributed by atoms with Crippen molar-refractivity contribution in [1.29, 1.82) is 0 Å². The fraction of sp³-hybridized carbons (Fsp3) is 0.675. The molecule has 14 amide bonds. The first-order valence-corrected chi connectivity index (χ1v) is 42.0. The fourth-order valence-electron chi connectivity index (χ4n) is 12.8. The lowest BCUT2D eigenvalue weighted by Gasteiger charge is -2.31. The smallest absolute Gasteiger partial charge is 0.326 e. The summed E-state index contributed by atoms with van der Waals surface area (Å²) in [6.45, 7) is 8.23. The number of aliphatic hydroxyl groups is 1. The van der Waals surface area contributed by atoms with Crippen LogP contribution in [0.15, 0.2) is 24.3 Å². The van der Waals surface area contributed by atoms with Crippen molar-refractivity contribution in [2.45, 2.75) is 279 Å². The van der Waals surface area contributed by atoms with E-state index >= 15 is 0 Å². The molecule has 1 aliphatic rings. The standard InChI is InChI=1S/C77H126N18O26S/c1-40(2)36-53(71(114)86-49(24-28-61(103)104)68(111)93-56(39-58(82)98)76(119)95-34-13-17-57(95)74(117)88-46(15-8-11-32-79)65(108)89-52(77(120)121)16-9-12-33-80)90-73(116)55(38-43-18-20-44(97)21-19-43)91-67(110)48(23-27-60(101)102)84-69(112)51(30-35-122-6)87-72(115)54(37-41(3)4)92-75(118)63(42(5)96)94-70(113)50(25-29-62(105)106)85-66(109)47(22-26-59(99)100)83-64(107)45(81)14-7-10-31-78/h18-21,40-42,45-57,63,96-97H,7-17,22-39,78-81H2,1-6H3,(H2,82,98)(H,83,107)(H,84,112)(H,85,109)(H,86,114)(H,87,115)(H,88,117)(H,89,108)(H,90,116)(H,91,110)(H,92,118)(H,93,111)(H,94,113)(H,99,100)(H,101,102)(H,103,104)(H,105,106)(H,120,121)/t42-,45+,46+,47+,48+,49+,50+,51+,52+,53+,54+,55+,56+,57+,63+/m1/s1. The van der Waals surface area contributed by atoms with Crippen LogP contribution in [-0.2, 0) is 97.5 Å². The third kappa shape index (κ3) is 41.1. The normalized spacial score (nSPS) is 15.9. The lowest BCUT2D eigenvalue weighted by molar-refractivity contribution is -0.144. The number of hydrogen-bond acceptors (Lipinski definition) is 26. The van der Waals surface area contributed by atoms with Crippen LogP contribution in [0.3, 0.4) is 0 Å². The lowest BCUT2D eigenvalue weighted by Crippen LogP contribution is -2.62. The maximum Gasteiger partial charge on any atom is 0.326 e. The molecule has 1 aromatic carbocycles. The number of nitrogens with zero attached hydrogens (tertiary/aromatic N) is 1. The predicted octanol–water partition coefficient (Wildman–Crippen LogP) is -4.90. The molecule has 0 saturated carbocycles. The number of rotatable bonds is 62. The first kappa shape index (κ1) is 107. The second-order valence-electron chi connectivity index (χ2n) is 30.7. The fourth-order valence-corrected chi connectivity index (χ4v) is 13.3. The molecule has 0 aromatic heterocycles. The van der Waals surface area contributed by atoms with Crippen molar-refractivity contribution in [3.63, 3.8) is 0 Å². The summed E-state index contributed by atoms with van der Waals surface area (Å²) in [7, 11) is 0. The van der Waals surface area contributed by atoms with E-state index in [1.807, 2.05) is 0 Å². The molecule has 15 atom stereocenters. The number of unbranched alkanes of at least 4 members (excludes halogenated alkanes) is 3. The highest BCUT2D eigenvalue weighted by Crippen LogP contribution is 2.22. The Bertz CT molecular complexity index is 3690. The van der Waals surface area contributed by atoms with E-state index in [1.165, 1.54) is 36.0 Å². The molecule has 1 aromatic rings. The van der Waals surface area contributed by atoms with Gasteiger partial charge in [-0.05, 0) is 177 Å². The van der Waals surface area contributed by atoms with Crippen LogP contribution in [-0.4, -0.2) is 282 Å². The Hall–Kier alpha value is -10.9. The van der Waals surface area contributed by atoms with Crippen molar-refractivity contribution in [2.75, 3.05) is 38.2 Å². The Labute approximate surface area is 710 Å². The van der Waals surface area contributed by atoms with Crippen LogP contribution >= 0.6 is 11.8 Å². The molecule has 1 fully saturated rings. The zero-order chi connectivity index (χ0) is 92.0. The number of carboxylic acids is 5. The highest BCUT2D eigenvalue weighted by Gasteiger charge is 2.43. The third-order valence-corrected chi connectivity index (χ3v) is 20.1. The number of amides is 14. The molecule has 0 aliphatic carbocycles. The van der Waals surface area contributed by atoms with Crippen molar-refractivity contribution in [2.24, 2.45) is 40.5 Å². The van der Waals surface area contributed by atoms with Gasteiger partial charge in [0, 0.05) is 38.6 Å². The largest absolute Gasteiger partial charge is 0.508 e. The molecule has 1 saturated heterocycles. The Balaban J connectivity index is 2.61. The van der Waals surface area contributed by atoms with E-state index in [9.17, 15) is 127 Å². The van der Waals surface area contributed by atoms with E-state index in [1.54, 1.807) is 34.0 Å². The number of nitrogens with one attached hydrogen (secondary N) is 12. The first-order valence-electron chi connectivity index (χ1n) is 40.6. The van der Waals surface area contributed by atoms with Gasteiger partial charge in [0.2, 0.25) is 82.7 Å². The van der Waals surface area contributed by atoms with Gasteiger partial charge in [-0.15, -0.1) is 0 Å². The monoisotopic (exact) mass is 1750 g/mol. The summed E-state index contributed by atoms with van der Waals surface area (Å²) < 4.78 is 0. The van der Waals surface area contributed by atoms with Gasteiger partial charge in [-0.2, -0.15) is 11.8 Å². The minimum Gasteiger partial charge on any atom is -0.508 e. The summed E-state index contributed by atoms with van der Waals surface area (Å²) in [5, 5.41) is 99.0. The highest BCUT2D eigenvalue weighted by molar-refractivity contribution is 7.98. The number of nitrogens with two attached hydrogens (primary N) is 5. The van der Waals surface area contributed by atoms with Crippen LogP contribution in [0.1, 0.15) is 188 Å². The number of carboxylic acid groups (broad SMARTS) is 5. The summed E-state index contributed by atoms with van der Waals surface area (Å²) in [5.41, 5.74) is 28.6. The number of aliphatic hydroxyl groups excluding tert-OH is 1. The second kappa shape index (κ2) is 56.6. The number of carbonyl (C=O) groups excluding carboxylic acids is 14. The topological polar surface area (TPSA) is 744 Å². The van der Waals surface area contributed by atoms with Crippen molar-refractivity contribution in [3.05, 3.63) is 29.8 Å². The number of phenols is 1. The minimum absolute atomic E-state index is 0.00134. The Morgan fingerprint density at radius 2 is 0.770 bits per heavy atom. The summed E-state index contributed by atoms with van der Waals surface area (Å²) in [5.74, 6) is -23.4. The van der Waals surface area contributed by atoms with Gasteiger partial charge >= 0.3 is 29.8 Å². The number of primary amides is 1. The quantitative estimate of drug-likeness (QED) is 0.0272. The van der Waals surface area contributed by atoms with Gasteiger partial charge in [-0.3, -0.25) is 86.3 Å². The van der Waals surface area contributed by atoms with Gasteiger partial charge in [-0.25, -0.2) is 4.79 Å². The Morgan fingerprint density at radius 3 is 1.16 bits per heavy atom. The minimum atomic E-state index is -1.98. The summed E-state index contributed by atoms with van der Waals surface area (Å²) in [4.78, 5) is 259. The molecule has 2 rings (SSSR count). The second-order valence-corrected chi connectivity index (χ2v) is 31.7. The van der Waals surface area contributed by atoms with Crippen molar-refractivity contribution >= 4 is 124 Å². The Morgan fingerprint density at radius 1 is 0.426 bits per heavy atom. The molecule has 686 valence electrons. The molecular formula is C77H126N18O26S. The van der Waals surface area contributed by atoms with Crippen LogP contribution in [0.4, 0.5) is 0 Å². The third-order valence-electron chi connectivity index (χ3n) is 19.4. The SMILES string of the molecule is CSCC[C@H](NC(=O)[C@H](CC(C)C)NC(=O)[C@@H](NC(=O)[C@H](CCC(=O)O)NC(=O)[C@H](CCC(=O)O)NC(=O)[C@@H](N)CCCCN)[C@@H](C)O)C(=O)N[C@@H](CCC(=O)O)C(=O)N[C@@H](Cc1ccc(O)cc1)C(=O)N[C@@H](CC(C)C)C(=O)N[C@@H](CCC(=O)O)C(=O)N[C@@H](CC(N)=O)C(=O)N1CCC[C@H]1C(=O)N[C@@H](CCCCN)C(=O)N[C@@H](CCCCN)C(=O)O. The number of carbonyl (C=O) groups is 19. The average molecular weight is 1750 g/mol. The highest BCUT2D eigenvalue weighted by atomic mass is 32.2. The molecule has 1 heterocycles. The van der Waals surface area contributed by atoms with E-state index in [0.717, 1.165) is 11.8 Å². The van der Waals surface area contributed by atoms with Crippen LogP contribution in [0, 0.1) is 11.8 Å². The van der Waals surface area contributed by atoms with Crippen molar-refractivity contribution in [1.82, 2.24) is 68.7 Å². The predicted molar refractivity (Wildman–Crippen MR) is 439 cm³/mol. The zero-order valence-electron chi connectivity index (χ0n) is 69.8. The van der Waals surface area contributed by atoms with Gasteiger partial charge < -0.3 is 133 Å². The number of aliphatic carboxylic acids is 5. The van der Waals surface area contributed by atoms with Gasteiger partial charge in [0.25, 0.3) is 0 Å². The number of thioether (sulfide) groups is 1. The maximum atomic E-state index is 14.9. The number of likely N-dealkylation sites (tertiary alicyclic amines) is 1. The molecule has 0 bridgehead atoms. The maximum absolute atomic E-state index is 14.9. The molecular weight excluding hydrogens is 1630 g/mol. The van der Waals surface area contributed by atoms with Gasteiger partial charge in [0.1, 0.15) is 84.3 Å². The molecule has 0 unspecified atom stereocenters. The first-order chi connectivity index (χ1) is 57.5. The van der Waals surface area contributed by atoms with E-state index in [4.69, 9.17) is 28.7 Å². The summed E-state index contributed by atoms with van der Waals surface area (Å²) in [6, 6.07) is -17.7.